The molecule has 0 fully saturated rings. The van der Waals surface area contributed by atoms with Crippen LogP contribution in [0.4, 0.5) is 19.0 Å². The first kappa shape index (κ1) is 23.2. The van der Waals surface area contributed by atoms with Gasteiger partial charge in [0.2, 0.25) is 0 Å². The number of fused-ring (bicyclic) bond motifs is 1. The molecule has 0 aliphatic rings. The number of benzene rings is 3. The van der Waals surface area contributed by atoms with Crippen molar-refractivity contribution in [3.63, 3.8) is 0 Å². The third-order valence-corrected chi connectivity index (χ3v) is 5.95. The van der Waals surface area contributed by atoms with Gasteiger partial charge in [-0.25, -0.2) is 9.97 Å². The van der Waals surface area contributed by atoms with Crippen molar-refractivity contribution < 1.29 is 22.6 Å². The van der Waals surface area contributed by atoms with E-state index >= 15 is 0 Å². The largest absolute Gasteiger partial charge is 0.497 e. The molecule has 0 saturated carbocycles. The minimum Gasteiger partial charge on any atom is -0.497 e. The lowest BCUT2D eigenvalue weighted by Gasteiger charge is -2.15. The summed E-state index contributed by atoms with van der Waals surface area (Å²) in [6, 6.07) is 19.7. The van der Waals surface area contributed by atoms with Gasteiger partial charge in [-0.2, -0.15) is 13.2 Å². The molecule has 0 aliphatic heterocycles. The van der Waals surface area contributed by atoms with Crippen molar-refractivity contribution in [1.82, 2.24) is 14.5 Å². The van der Waals surface area contributed by atoms with Crippen LogP contribution in [0.15, 0.2) is 79.1 Å². The van der Waals surface area contributed by atoms with E-state index in [-0.39, 0.29) is 5.82 Å². The van der Waals surface area contributed by atoms with Crippen LogP contribution in [0.1, 0.15) is 5.56 Å². The molecule has 182 valence electrons. The minimum absolute atomic E-state index is 0.214. The van der Waals surface area contributed by atoms with E-state index in [1.54, 1.807) is 49.1 Å². The molecule has 3 aromatic carbocycles. The van der Waals surface area contributed by atoms with Crippen LogP contribution >= 0.6 is 0 Å². The number of alkyl halides is 3. The van der Waals surface area contributed by atoms with Gasteiger partial charge in [-0.05, 0) is 65.7 Å². The maximum atomic E-state index is 13.6. The normalized spacial score (nSPS) is 11.6. The van der Waals surface area contributed by atoms with Gasteiger partial charge in [0, 0.05) is 11.3 Å². The Morgan fingerprint density at radius 3 is 2.00 bits per heavy atom. The van der Waals surface area contributed by atoms with Gasteiger partial charge in [-0.3, -0.25) is 4.57 Å². The number of aromatic nitrogens is 3. The van der Waals surface area contributed by atoms with Crippen molar-refractivity contribution >= 4 is 16.9 Å². The first-order valence-corrected chi connectivity index (χ1v) is 10.9. The predicted molar refractivity (Wildman–Crippen MR) is 132 cm³/mol. The third kappa shape index (κ3) is 3.98. The summed E-state index contributed by atoms with van der Waals surface area (Å²) in [5.41, 5.74) is 9.07. The maximum absolute atomic E-state index is 13.6. The Morgan fingerprint density at radius 2 is 1.42 bits per heavy atom. The lowest BCUT2D eigenvalue weighted by atomic mass is 9.98. The SMILES string of the molecule is COc1ccc(-c2c(-c3ccc(OC)cc3)n(-c3cccc(C(F)(F)F)c3)c3ncnc(N)c23)cc1. The fourth-order valence-electron chi connectivity index (χ4n) is 4.27. The first-order valence-electron chi connectivity index (χ1n) is 10.9. The Kier molecular flexibility index (Phi) is 5.75. The first-order chi connectivity index (χ1) is 17.3. The average molecular weight is 490 g/mol. The summed E-state index contributed by atoms with van der Waals surface area (Å²) in [5.74, 6) is 1.52. The molecular weight excluding hydrogens is 469 g/mol. The van der Waals surface area contributed by atoms with Gasteiger partial charge < -0.3 is 15.2 Å². The van der Waals surface area contributed by atoms with Gasteiger partial charge in [-0.1, -0.05) is 18.2 Å². The second-order valence-electron chi connectivity index (χ2n) is 8.02. The van der Waals surface area contributed by atoms with Gasteiger partial charge >= 0.3 is 6.18 Å². The molecule has 0 radical (unpaired) electrons. The van der Waals surface area contributed by atoms with E-state index in [4.69, 9.17) is 15.2 Å². The quantitative estimate of drug-likeness (QED) is 0.310. The lowest BCUT2D eigenvalue weighted by Crippen LogP contribution is -2.07. The Labute approximate surface area is 204 Å². The Balaban J connectivity index is 1.91. The number of hydrogen-bond acceptors (Lipinski definition) is 5. The summed E-state index contributed by atoms with van der Waals surface area (Å²) in [5, 5.41) is 0.533. The van der Waals surface area contributed by atoms with E-state index in [1.165, 1.54) is 12.4 Å². The molecule has 6 nitrogen and oxygen atoms in total. The molecule has 2 aromatic heterocycles. The second-order valence-corrected chi connectivity index (χ2v) is 8.02. The van der Waals surface area contributed by atoms with Gasteiger partial charge in [-0.15, -0.1) is 0 Å². The molecule has 0 bridgehead atoms. The summed E-state index contributed by atoms with van der Waals surface area (Å²) < 4.78 is 53.2. The van der Waals surface area contributed by atoms with E-state index in [9.17, 15) is 13.2 Å². The molecule has 2 heterocycles. The lowest BCUT2D eigenvalue weighted by molar-refractivity contribution is -0.137. The zero-order valence-corrected chi connectivity index (χ0v) is 19.4. The number of ether oxygens (including phenoxy) is 2. The molecule has 9 heteroatoms. The molecule has 0 amide bonds. The van der Waals surface area contributed by atoms with Crippen LogP contribution in [0, 0.1) is 0 Å². The van der Waals surface area contributed by atoms with Crippen LogP contribution in [0.5, 0.6) is 11.5 Å². The number of nitrogens with zero attached hydrogens (tertiary/aromatic N) is 3. The van der Waals surface area contributed by atoms with Crippen molar-refractivity contribution in [3.05, 3.63) is 84.7 Å². The zero-order valence-electron chi connectivity index (χ0n) is 19.4. The number of anilines is 1. The highest BCUT2D eigenvalue weighted by Gasteiger charge is 2.31. The molecule has 2 N–H and O–H groups in total. The highest BCUT2D eigenvalue weighted by atomic mass is 19.4. The fraction of sp³-hybridized carbons (Fsp3) is 0.111. The van der Waals surface area contributed by atoms with Crippen molar-refractivity contribution in [1.29, 1.82) is 0 Å². The van der Waals surface area contributed by atoms with Crippen LogP contribution < -0.4 is 15.2 Å². The molecule has 0 spiro atoms. The number of methoxy groups -OCH3 is 2. The standard InChI is InChI=1S/C27H21F3N4O2/c1-35-20-10-6-16(7-11-20)22-23-25(31)32-15-33-26(23)34(19-5-3-4-18(14-19)27(28,29)30)24(22)17-8-12-21(36-2)13-9-17/h3-15H,1-2H3,(H2,31,32,33). The van der Waals surface area contributed by atoms with Crippen LogP contribution in [0.25, 0.3) is 39.1 Å². The van der Waals surface area contributed by atoms with E-state index in [1.807, 2.05) is 24.3 Å². The number of nitrogen functional groups attached to an aromatic ring is 1. The minimum atomic E-state index is -4.51. The van der Waals surface area contributed by atoms with Crippen LogP contribution in [0.3, 0.4) is 0 Å². The average Bonchev–Trinajstić information content (AvgIpc) is 3.25. The molecule has 5 rings (SSSR count). The second kappa shape index (κ2) is 8.92. The topological polar surface area (TPSA) is 75.2 Å². The summed E-state index contributed by atoms with van der Waals surface area (Å²) >= 11 is 0. The van der Waals surface area contributed by atoms with Crippen molar-refractivity contribution in [3.8, 4) is 39.6 Å². The van der Waals surface area contributed by atoms with Crippen molar-refractivity contribution in [2.75, 3.05) is 20.0 Å². The number of rotatable bonds is 5. The summed E-state index contributed by atoms with van der Waals surface area (Å²) in [7, 11) is 3.14. The molecule has 0 unspecified atom stereocenters. The van der Waals surface area contributed by atoms with Crippen molar-refractivity contribution in [2.24, 2.45) is 0 Å². The fourth-order valence-corrected chi connectivity index (χ4v) is 4.27. The van der Waals surface area contributed by atoms with E-state index < -0.39 is 11.7 Å². The number of halogens is 3. The molecule has 5 aromatic rings. The summed E-state index contributed by atoms with van der Waals surface area (Å²) in [6.45, 7) is 0. The van der Waals surface area contributed by atoms with E-state index in [0.717, 1.165) is 23.3 Å². The van der Waals surface area contributed by atoms with E-state index in [2.05, 4.69) is 9.97 Å². The van der Waals surface area contributed by atoms with Crippen LogP contribution in [-0.4, -0.2) is 28.8 Å². The Bertz CT molecular complexity index is 1540. The van der Waals surface area contributed by atoms with Crippen molar-refractivity contribution in [2.45, 2.75) is 6.18 Å². The number of nitrogens with two attached hydrogens (primary N) is 1. The van der Waals surface area contributed by atoms with Crippen LogP contribution in [-0.2, 0) is 6.18 Å². The zero-order chi connectivity index (χ0) is 25.4. The number of hydrogen-bond donors (Lipinski definition) is 1. The molecule has 0 aliphatic carbocycles. The van der Waals surface area contributed by atoms with Gasteiger partial charge in [0.15, 0.2) is 5.65 Å². The molecular formula is C27H21F3N4O2. The molecule has 36 heavy (non-hydrogen) atoms. The van der Waals surface area contributed by atoms with Gasteiger partial charge in [0.1, 0.15) is 23.6 Å². The Morgan fingerprint density at radius 1 is 0.806 bits per heavy atom. The highest BCUT2D eigenvalue weighted by Crippen LogP contribution is 2.44. The smallest absolute Gasteiger partial charge is 0.416 e. The van der Waals surface area contributed by atoms with Crippen LogP contribution in [0.2, 0.25) is 0 Å². The summed E-state index contributed by atoms with van der Waals surface area (Å²) in [4.78, 5) is 8.63. The monoisotopic (exact) mass is 490 g/mol. The van der Waals surface area contributed by atoms with E-state index in [0.29, 0.717) is 39.5 Å². The highest BCUT2D eigenvalue weighted by molar-refractivity contribution is 6.08. The van der Waals surface area contributed by atoms with Gasteiger partial charge in [0.05, 0.1) is 30.9 Å². The summed E-state index contributed by atoms with van der Waals surface area (Å²) in [6.07, 6.45) is -3.20. The Hall–Kier alpha value is -4.53. The third-order valence-electron chi connectivity index (χ3n) is 5.95. The maximum Gasteiger partial charge on any atom is 0.416 e. The molecule has 0 atom stereocenters. The predicted octanol–water partition coefficient (Wildman–Crippen LogP) is 6.37. The van der Waals surface area contributed by atoms with Gasteiger partial charge in [0.25, 0.3) is 0 Å². The molecule has 0 saturated heterocycles.